The number of carbonyl (C=O) groups excluding carboxylic acids is 1. The highest BCUT2D eigenvalue weighted by Crippen LogP contribution is 2.11. The van der Waals surface area contributed by atoms with Crippen molar-refractivity contribution in [3.63, 3.8) is 0 Å². The van der Waals surface area contributed by atoms with E-state index in [0.29, 0.717) is 31.1 Å². The molecule has 2 rings (SSSR count). The third-order valence-corrected chi connectivity index (χ3v) is 3.79. The molecule has 1 atom stereocenters. The summed E-state index contributed by atoms with van der Waals surface area (Å²) in [5.74, 6) is 0.505. The molecule has 0 spiro atoms. The average molecular weight is 293 g/mol. The van der Waals surface area contributed by atoms with Gasteiger partial charge in [-0.15, -0.1) is 0 Å². The molecule has 0 aliphatic carbocycles. The van der Waals surface area contributed by atoms with Crippen LogP contribution in [0.15, 0.2) is 18.3 Å². The Hall–Kier alpha value is -1.66. The van der Waals surface area contributed by atoms with Crippen molar-refractivity contribution in [2.24, 2.45) is 0 Å². The minimum Gasteiger partial charge on any atom is -0.481 e. The summed E-state index contributed by atoms with van der Waals surface area (Å²) in [4.78, 5) is 20.5. The van der Waals surface area contributed by atoms with Crippen LogP contribution in [-0.2, 0) is 0 Å². The predicted molar refractivity (Wildman–Crippen MR) is 79.4 cm³/mol. The molecule has 6 nitrogen and oxygen atoms in total. The lowest BCUT2D eigenvalue weighted by molar-refractivity contribution is 0.0523. The van der Waals surface area contributed by atoms with Crippen molar-refractivity contribution >= 4 is 5.91 Å². The molecular weight excluding hydrogens is 270 g/mol. The van der Waals surface area contributed by atoms with E-state index >= 15 is 0 Å². The van der Waals surface area contributed by atoms with Gasteiger partial charge in [0.15, 0.2) is 0 Å². The molecule has 1 aromatic heterocycles. The minimum absolute atomic E-state index is 0.000781. The minimum atomic E-state index is -0.280. The first-order valence-corrected chi connectivity index (χ1v) is 7.33. The molecule has 2 heterocycles. The van der Waals surface area contributed by atoms with Gasteiger partial charge in [0.1, 0.15) is 0 Å². The number of carbonyl (C=O) groups is 1. The fourth-order valence-corrected chi connectivity index (χ4v) is 2.37. The zero-order valence-electron chi connectivity index (χ0n) is 12.7. The zero-order valence-corrected chi connectivity index (χ0v) is 12.7. The quantitative estimate of drug-likeness (QED) is 0.862. The van der Waals surface area contributed by atoms with Gasteiger partial charge in [-0.05, 0) is 12.5 Å². The van der Waals surface area contributed by atoms with Crippen LogP contribution < -0.4 is 4.74 Å². The van der Waals surface area contributed by atoms with Crippen molar-refractivity contribution in [2.75, 3.05) is 39.8 Å². The first-order chi connectivity index (χ1) is 10.1. The van der Waals surface area contributed by atoms with E-state index in [2.05, 4.69) is 9.88 Å². The molecule has 6 heteroatoms. The van der Waals surface area contributed by atoms with Crippen LogP contribution in [0, 0.1) is 0 Å². The zero-order chi connectivity index (χ0) is 15.2. The van der Waals surface area contributed by atoms with Gasteiger partial charge >= 0.3 is 0 Å². The Labute approximate surface area is 125 Å². The summed E-state index contributed by atoms with van der Waals surface area (Å²) < 4.78 is 4.99. The van der Waals surface area contributed by atoms with E-state index in [1.165, 1.54) is 0 Å². The first kappa shape index (κ1) is 15.7. The number of β-amino-alcohol motifs (C(OH)–C–C–N with tert-alkyl or cyclic N) is 1. The van der Waals surface area contributed by atoms with Gasteiger partial charge in [0.25, 0.3) is 5.91 Å². The van der Waals surface area contributed by atoms with Crippen LogP contribution in [0.1, 0.15) is 23.7 Å². The van der Waals surface area contributed by atoms with E-state index in [4.69, 9.17) is 4.74 Å². The van der Waals surface area contributed by atoms with Crippen LogP contribution in [0.4, 0.5) is 0 Å². The lowest BCUT2D eigenvalue weighted by Crippen LogP contribution is -2.50. The highest BCUT2D eigenvalue weighted by molar-refractivity contribution is 5.94. The molecule has 21 heavy (non-hydrogen) atoms. The Morgan fingerprint density at radius 1 is 1.38 bits per heavy atom. The number of amides is 1. The molecular formula is C15H23N3O3. The molecule has 0 unspecified atom stereocenters. The van der Waals surface area contributed by atoms with Crippen molar-refractivity contribution in [1.82, 2.24) is 14.8 Å². The molecule has 1 fully saturated rings. The van der Waals surface area contributed by atoms with Gasteiger partial charge in [0, 0.05) is 45.0 Å². The summed E-state index contributed by atoms with van der Waals surface area (Å²) >= 11 is 0. The van der Waals surface area contributed by atoms with Crippen LogP contribution in [-0.4, -0.2) is 71.7 Å². The Kier molecular flexibility index (Phi) is 5.52. The molecule has 1 aliphatic rings. The predicted octanol–water partition coefficient (Wildman–Crippen LogP) is 0.619. The maximum absolute atomic E-state index is 12.4. The molecule has 1 N–H and O–H groups in total. The third-order valence-electron chi connectivity index (χ3n) is 3.79. The number of hydrogen-bond donors (Lipinski definition) is 1. The van der Waals surface area contributed by atoms with Crippen molar-refractivity contribution in [3.8, 4) is 5.88 Å². The van der Waals surface area contributed by atoms with Gasteiger partial charge in [-0.1, -0.05) is 6.92 Å². The van der Waals surface area contributed by atoms with Crippen LogP contribution in [0.5, 0.6) is 5.88 Å². The summed E-state index contributed by atoms with van der Waals surface area (Å²) in [6.07, 6.45) is 2.03. The van der Waals surface area contributed by atoms with E-state index in [9.17, 15) is 9.90 Å². The normalized spacial score (nSPS) is 17.6. The summed E-state index contributed by atoms with van der Waals surface area (Å²) in [6.45, 7) is 5.62. The number of ether oxygens (including phenoxy) is 1. The maximum Gasteiger partial charge on any atom is 0.255 e. The average Bonchev–Trinajstić information content (AvgIpc) is 2.55. The standard InChI is InChI=1S/C15H23N3O3/c1-3-13(19)11-17-6-8-18(9-7-17)15(20)12-4-5-14(21-2)16-10-12/h4-5,10,13,19H,3,6-9,11H2,1-2H3/t13-/m0/s1. The molecule has 1 aliphatic heterocycles. The highest BCUT2D eigenvalue weighted by atomic mass is 16.5. The molecule has 0 saturated carbocycles. The second-order valence-corrected chi connectivity index (χ2v) is 5.24. The monoisotopic (exact) mass is 293 g/mol. The van der Waals surface area contributed by atoms with E-state index in [1.807, 2.05) is 11.8 Å². The molecule has 0 bridgehead atoms. The number of methoxy groups -OCH3 is 1. The summed E-state index contributed by atoms with van der Waals surface area (Å²) in [7, 11) is 1.55. The van der Waals surface area contributed by atoms with Gasteiger partial charge < -0.3 is 14.7 Å². The topological polar surface area (TPSA) is 65.9 Å². The Bertz CT molecular complexity index is 456. The second kappa shape index (κ2) is 7.38. The summed E-state index contributed by atoms with van der Waals surface area (Å²) in [5.41, 5.74) is 0.581. The van der Waals surface area contributed by atoms with Gasteiger partial charge in [-0.3, -0.25) is 9.69 Å². The highest BCUT2D eigenvalue weighted by Gasteiger charge is 2.23. The number of pyridine rings is 1. The fourth-order valence-electron chi connectivity index (χ4n) is 2.37. The van der Waals surface area contributed by atoms with Gasteiger partial charge in [-0.2, -0.15) is 0 Å². The van der Waals surface area contributed by atoms with Gasteiger partial charge in [-0.25, -0.2) is 4.98 Å². The second-order valence-electron chi connectivity index (χ2n) is 5.24. The molecule has 1 amide bonds. The van der Waals surface area contributed by atoms with Crippen molar-refractivity contribution in [2.45, 2.75) is 19.4 Å². The first-order valence-electron chi connectivity index (χ1n) is 7.33. The number of nitrogens with zero attached hydrogens (tertiary/aromatic N) is 3. The largest absolute Gasteiger partial charge is 0.481 e. The molecule has 0 radical (unpaired) electrons. The Balaban J connectivity index is 1.87. The SMILES string of the molecule is CC[C@H](O)CN1CCN(C(=O)c2ccc(OC)nc2)CC1. The maximum atomic E-state index is 12.4. The Morgan fingerprint density at radius 2 is 2.10 bits per heavy atom. The van der Waals surface area contributed by atoms with Crippen molar-refractivity contribution in [3.05, 3.63) is 23.9 Å². The number of aromatic nitrogens is 1. The van der Waals surface area contributed by atoms with Gasteiger partial charge in [0.05, 0.1) is 18.8 Å². The lowest BCUT2D eigenvalue weighted by atomic mass is 10.2. The molecule has 116 valence electrons. The van der Waals surface area contributed by atoms with Crippen LogP contribution in [0.3, 0.4) is 0 Å². The van der Waals surface area contributed by atoms with Crippen LogP contribution >= 0.6 is 0 Å². The van der Waals surface area contributed by atoms with Crippen LogP contribution in [0.2, 0.25) is 0 Å². The number of aliphatic hydroxyl groups is 1. The summed E-state index contributed by atoms with van der Waals surface area (Å²) in [5, 5.41) is 9.67. The number of aliphatic hydroxyl groups excluding tert-OH is 1. The van der Waals surface area contributed by atoms with E-state index < -0.39 is 0 Å². The lowest BCUT2D eigenvalue weighted by Gasteiger charge is -2.35. The van der Waals surface area contributed by atoms with E-state index in [1.54, 1.807) is 25.4 Å². The molecule has 1 saturated heterocycles. The van der Waals surface area contributed by atoms with Crippen molar-refractivity contribution in [1.29, 1.82) is 0 Å². The smallest absolute Gasteiger partial charge is 0.255 e. The number of hydrogen-bond acceptors (Lipinski definition) is 5. The number of piperazine rings is 1. The third kappa shape index (κ3) is 4.15. The van der Waals surface area contributed by atoms with E-state index in [-0.39, 0.29) is 12.0 Å². The Morgan fingerprint density at radius 3 is 2.62 bits per heavy atom. The van der Waals surface area contributed by atoms with Crippen molar-refractivity contribution < 1.29 is 14.6 Å². The summed E-state index contributed by atoms with van der Waals surface area (Å²) in [6, 6.07) is 3.43. The number of rotatable bonds is 5. The van der Waals surface area contributed by atoms with E-state index in [0.717, 1.165) is 19.5 Å². The molecule has 0 aromatic carbocycles. The molecule has 1 aromatic rings. The fraction of sp³-hybridized carbons (Fsp3) is 0.600. The van der Waals surface area contributed by atoms with Gasteiger partial charge in [0.2, 0.25) is 5.88 Å². The van der Waals surface area contributed by atoms with Crippen LogP contribution in [0.25, 0.3) is 0 Å².